The lowest BCUT2D eigenvalue weighted by Crippen LogP contribution is -2.51. The minimum atomic E-state index is -4.38. The molecule has 0 radical (unpaired) electrons. The number of halogens is 3. The second-order valence-electron chi connectivity index (χ2n) is 6.83. The van der Waals surface area contributed by atoms with E-state index in [1.807, 2.05) is 18.7 Å². The number of hydrogen-bond donors (Lipinski definition) is 2. The summed E-state index contributed by atoms with van der Waals surface area (Å²) in [5.74, 6) is 0.525. The molecule has 1 aliphatic rings. The summed E-state index contributed by atoms with van der Waals surface area (Å²) in [5, 5.41) is 3.10. The van der Waals surface area contributed by atoms with Crippen LogP contribution in [0.3, 0.4) is 0 Å². The van der Waals surface area contributed by atoms with Crippen molar-refractivity contribution in [2.24, 2.45) is 11.1 Å². The zero-order valence-electron chi connectivity index (χ0n) is 15.3. The first-order valence-corrected chi connectivity index (χ1v) is 9.05. The molecular weight excluding hydrogens is 345 g/mol. The van der Waals surface area contributed by atoms with Gasteiger partial charge in [0.05, 0.1) is 11.0 Å². The molecule has 1 amide bonds. The molecule has 0 aliphatic carbocycles. The highest BCUT2D eigenvalue weighted by molar-refractivity contribution is 5.83. The Hall–Kier alpha value is -1.83. The average molecular weight is 372 g/mol. The highest BCUT2D eigenvalue weighted by Crippen LogP contribution is 2.30. The predicted molar refractivity (Wildman–Crippen MR) is 94.7 cm³/mol. The molecule has 26 heavy (non-hydrogen) atoms. The number of carbonyl (C=O) groups is 1. The van der Waals surface area contributed by atoms with Crippen LogP contribution in [0.5, 0.6) is 0 Å². The number of nitrogens with one attached hydrogen (secondary N) is 1. The van der Waals surface area contributed by atoms with Crippen molar-refractivity contribution in [1.82, 2.24) is 10.3 Å². The Bertz CT molecular complexity index is 583. The predicted octanol–water partition coefficient (Wildman–Crippen LogP) is 2.95. The summed E-state index contributed by atoms with van der Waals surface area (Å²) in [7, 11) is 0. The maximum absolute atomic E-state index is 12.6. The first-order valence-electron chi connectivity index (χ1n) is 9.05. The molecule has 1 aromatic heterocycles. The number of nitrogens with zero attached hydrogens (tertiary/aromatic N) is 2. The van der Waals surface area contributed by atoms with E-state index in [9.17, 15) is 18.0 Å². The van der Waals surface area contributed by atoms with Gasteiger partial charge < -0.3 is 16.0 Å². The molecule has 0 atom stereocenters. The maximum atomic E-state index is 12.6. The van der Waals surface area contributed by atoms with Gasteiger partial charge >= 0.3 is 6.18 Å². The number of amides is 1. The van der Waals surface area contributed by atoms with E-state index in [1.54, 1.807) is 0 Å². The smallest absolute Gasteiger partial charge is 0.356 e. The fourth-order valence-corrected chi connectivity index (χ4v) is 3.28. The minimum absolute atomic E-state index is 0.00361. The van der Waals surface area contributed by atoms with Gasteiger partial charge in [-0.2, -0.15) is 13.2 Å². The average Bonchev–Trinajstić information content (AvgIpc) is 2.64. The topological polar surface area (TPSA) is 71.2 Å². The van der Waals surface area contributed by atoms with Crippen molar-refractivity contribution >= 4 is 11.7 Å². The first kappa shape index (κ1) is 20.5. The largest absolute Gasteiger partial charge is 0.417 e. The first-order chi connectivity index (χ1) is 12.3. The van der Waals surface area contributed by atoms with Crippen LogP contribution in [0, 0.1) is 5.41 Å². The van der Waals surface area contributed by atoms with Crippen LogP contribution in [0.2, 0.25) is 0 Å². The van der Waals surface area contributed by atoms with Gasteiger partial charge in [0.15, 0.2) is 0 Å². The van der Waals surface area contributed by atoms with Crippen molar-refractivity contribution < 1.29 is 18.0 Å². The van der Waals surface area contributed by atoms with Crippen LogP contribution < -0.4 is 16.0 Å². The number of aromatic nitrogens is 1. The number of alkyl halides is 3. The molecule has 8 heteroatoms. The van der Waals surface area contributed by atoms with E-state index < -0.39 is 17.2 Å². The third kappa shape index (κ3) is 4.47. The SMILES string of the molecule is CCC(CC)(CN)C(=O)NC1CCN(c2ccc(C(F)(F)F)cn2)CC1. The second-order valence-corrected chi connectivity index (χ2v) is 6.83. The highest BCUT2D eigenvalue weighted by atomic mass is 19.4. The number of hydrogen-bond acceptors (Lipinski definition) is 4. The van der Waals surface area contributed by atoms with Crippen molar-refractivity contribution in [1.29, 1.82) is 0 Å². The Labute approximate surface area is 152 Å². The van der Waals surface area contributed by atoms with Gasteiger partial charge in [0.2, 0.25) is 5.91 Å². The van der Waals surface area contributed by atoms with E-state index >= 15 is 0 Å². The van der Waals surface area contributed by atoms with Gasteiger partial charge in [-0.1, -0.05) is 13.8 Å². The summed E-state index contributed by atoms with van der Waals surface area (Å²) in [6.45, 7) is 5.53. The summed E-state index contributed by atoms with van der Waals surface area (Å²) in [4.78, 5) is 18.5. The van der Waals surface area contributed by atoms with Crippen molar-refractivity contribution in [3.8, 4) is 0 Å². The van der Waals surface area contributed by atoms with Crippen LogP contribution in [0.15, 0.2) is 18.3 Å². The highest BCUT2D eigenvalue weighted by Gasteiger charge is 2.35. The molecule has 146 valence electrons. The molecule has 0 saturated carbocycles. The quantitative estimate of drug-likeness (QED) is 0.805. The number of pyridine rings is 1. The number of rotatable bonds is 6. The van der Waals surface area contributed by atoms with Crippen molar-refractivity contribution in [3.05, 3.63) is 23.9 Å². The van der Waals surface area contributed by atoms with Crippen LogP contribution in [-0.4, -0.2) is 36.6 Å². The standard InChI is InChI=1S/C18H27F3N4O/c1-3-17(4-2,12-22)16(26)24-14-7-9-25(10-8-14)15-6-5-13(11-23-15)18(19,20)21/h5-6,11,14H,3-4,7-10,12,22H2,1-2H3,(H,24,26). The number of piperidine rings is 1. The molecular formula is C18H27F3N4O. The Morgan fingerprint density at radius 1 is 1.27 bits per heavy atom. The molecule has 3 N–H and O–H groups in total. The molecule has 2 heterocycles. The van der Waals surface area contributed by atoms with Gasteiger partial charge in [-0.15, -0.1) is 0 Å². The van der Waals surface area contributed by atoms with Crippen LogP contribution >= 0.6 is 0 Å². The number of nitrogens with two attached hydrogens (primary N) is 1. The van der Waals surface area contributed by atoms with Gasteiger partial charge in [0.25, 0.3) is 0 Å². The van der Waals surface area contributed by atoms with Gasteiger partial charge in [-0.3, -0.25) is 4.79 Å². The van der Waals surface area contributed by atoms with Crippen LogP contribution in [-0.2, 0) is 11.0 Å². The van der Waals surface area contributed by atoms with Crippen molar-refractivity contribution in [2.45, 2.75) is 51.7 Å². The summed E-state index contributed by atoms with van der Waals surface area (Å²) in [6, 6.07) is 2.50. The van der Waals surface area contributed by atoms with E-state index in [1.165, 1.54) is 6.07 Å². The van der Waals surface area contributed by atoms with Gasteiger partial charge in [0.1, 0.15) is 5.82 Å². The Balaban J connectivity index is 1.92. The lowest BCUT2D eigenvalue weighted by atomic mass is 9.81. The van der Waals surface area contributed by atoms with Gasteiger partial charge in [0, 0.05) is 31.9 Å². The van der Waals surface area contributed by atoms with Crippen LogP contribution in [0.1, 0.15) is 45.1 Å². The van der Waals surface area contributed by atoms with Crippen LogP contribution in [0.25, 0.3) is 0 Å². The zero-order chi connectivity index (χ0) is 19.4. The van der Waals surface area contributed by atoms with Crippen LogP contribution in [0.4, 0.5) is 19.0 Å². The third-order valence-corrected chi connectivity index (χ3v) is 5.46. The molecule has 1 aromatic rings. The van der Waals surface area contributed by atoms with Crippen molar-refractivity contribution in [2.75, 3.05) is 24.5 Å². The number of carbonyl (C=O) groups excluding carboxylic acids is 1. The monoisotopic (exact) mass is 372 g/mol. The summed E-state index contributed by atoms with van der Waals surface area (Å²) < 4.78 is 37.8. The molecule has 0 aromatic carbocycles. The maximum Gasteiger partial charge on any atom is 0.417 e. The second kappa shape index (κ2) is 8.24. The Morgan fingerprint density at radius 2 is 1.88 bits per heavy atom. The molecule has 5 nitrogen and oxygen atoms in total. The lowest BCUT2D eigenvalue weighted by Gasteiger charge is -2.36. The Morgan fingerprint density at radius 3 is 2.31 bits per heavy atom. The summed E-state index contributed by atoms with van der Waals surface area (Å²) >= 11 is 0. The van der Waals surface area contributed by atoms with E-state index in [2.05, 4.69) is 10.3 Å². The fraction of sp³-hybridized carbons (Fsp3) is 0.667. The van der Waals surface area contributed by atoms with E-state index in [-0.39, 0.29) is 11.9 Å². The molecule has 0 bridgehead atoms. The molecule has 0 spiro atoms. The molecule has 2 rings (SSSR count). The minimum Gasteiger partial charge on any atom is -0.356 e. The normalized spacial score (nSPS) is 16.6. The van der Waals surface area contributed by atoms with E-state index in [0.717, 1.165) is 25.1 Å². The fourth-order valence-electron chi connectivity index (χ4n) is 3.28. The lowest BCUT2D eigenvalue weighted by molar-refractivity contribution is -0.137. The van der Waals surface area contributed by atoms with Gasteiger partial charge in [-0.05, 0) is 37.8 Å². The molecule has 1 aliphatic heterocycles. The van der Waals surface area contributed by atoms with Crippen molar-refractivity contribution in [3.63, 3.8) is 0 Å². The molecule has 0 unspecified atom stereocenters. The summed E-state index contributed by atoms with van der Waals surface area (Å²) in [6.07, 6.45) is -0.677. The zero-order valence-corrected chi connectivity index (χ0v) is 15.3. The molecule has 1 saturated heterocycles. The Kier molecular flexibility index (Phi) is 6.49. The number of anilines is 1. The van der Waals surface area contributed by atoms with Gasteiger partial charge in [-0.25, -0.2) is 4.98 Å². The van der Waals surface area contributed by atoms with E-state index in [0.29, 0.717) is 38.3 Å². The third-order valence-electron chi connectivity index (χ3n) is 5.46. The van der Waals surface area contributed by atoms with E-state index in [4.69, 9.17) is 5.73 Å². The summed E-state index contributed by atoms with van der Waals surface area (Å²) in [5.41, 5.74) is 4.55. The molecule has 1 fully saturated rings.